The van der Waals surface area contributed by atoms with Crippen molar-refractivity contribution in [2.75, 3.05) is 45.2 Å². The smallest absolute Gasteiger partial charge is 0.407 e. The van der Waals surface area contributed by atoms with Crippen LogP contribution in [0.3, 0.4) is 0 Å². The van der Waals surface area contributed by atoms with E-state index in [1.165, 1.54) is 30.6 Å². The van der Waals surface area contributed by atoms with E-state index in [4.69, 9.17) is 9.47 Å². The van der Waals surface area contributed by atoms with Crippen molar-refractivity contribution in [3.63, 3.8) is 0 Å². The summed E-state index contributed by atoms with van der Waals surface area (Å²) in [6.07, 6.45) is -1.15. The van der Waals surface area contributed by atoms with Crippen molar-refractivity contribution in [3.8, 4) is 21.9 Å². The average molecular weight is 705 g/mol. The number of rotatable bonds is 19. The Labute approximate surface area is 290 Å². The minimum atomic E-state index is -4.60. The number of unbranched alkanes of at least 4 members (excludes halogenated alkanes) is 1. The lowest BCUT2D eigenvalue weighted by atomic mass is 9.98. The maximum absolute atomic E-state index is 14.3. The second-order valence-corrected chi connectivity index (χ2v) is 13.5. The maximum atomic E-state index is 14.3. The summed E-state index contributed by atoms with van der Waals surface area (Å²) >= 11 is 1.51. The quantitative estimate of drug-likeness (QED) is 0.0991. The summed E-state index contributed by atoms with van der Waals surface area (Å²) in [4.78, 5) is 27.5. The molecule has 1 saturated heterocycles. The number of methoxy groups -OCH3 is 1. The molecule has 0 radical (unpaired) electrons. The Bertz CT molecular complexity index is 1470. The zero-order chi connectivity index (χ0) is 35.4. The minimum absolute atomic E-state index is 0.0178. The molecule has 9 nitrogen and oxygen atoms in total. The first-order valence-corrected chi connectivity index (χ1v) is 17.6. The summed E-state index contributed by atoms with van der Waals surface area (Å²) in [5.41, 5.74) is 1.56. The number of ether oxygens (including phenoxy) is 2. The molecule has 1 aromatic heterocycles. The number of carboxylic acids is 1. The Kier molecular flexibility index (Phi) is 14.2. The molecule has 3 atom stereocenters. The number of nitrogens with zero attached hydrogens (tertiary/aromatic N) is 1. The lowest BCUT2D eigenvalue weighted by Gasteiger charge is -2.28. The molecule has 0 spiro atoms. The zero-order valence-corrected chi connectivity index (χ0v) is 29.0. The van der Waals surface area contributed by atoms with Crippen molar-refractivity contribution in [2.45, 2.75) is 70.3 Å². The van der Waals surface area contributed by atoms with E-state index in [0.717, 1.165) is 42.8 Å². The van der Waals surface area contributed by atoms with Gasteiger partial charge in [-0.1, -0.05) is 44.2 Å². The van der Waals surface area contributed by atoms with Crippen LogP contribution >= 0.6 is 11.3 Å². The van der Waals surface area contributed by atoms with Crippen LogP contribution in [-0.4, -0.2) is 80.0 Å². The van der Waals surface area contributed by atoms with Gasteiger partial charge in [-0.15, -0.1) is 11.3 Å². The molecule has 49 heavy (non-hydrogen) atoms. The summed E-state index contributed by atoms with van der Waals surface area (Å²) in [7, 11) is 1.54. The van der Waals surface area contributed by atoms with Crippen LogP contribution in [0.1, 0.15) is 57.6 Å². The van der Waals surface area contributed by atoms with Gasteiger partial charge < -0.3 is 25.2 Å². The van der Waals surface area contributed by atoms with Crippen LogP contribution in [0, 0.1) is 5.92 Å². The van der Waals surface area contributed by atoms with Crippen LogP contribution < -0.4 is 25.4 Å². The van der Waals surface area contributed by atoms with Crippen molar-refractivity contribution in [1.29, 1.82) is 0 Å². The number of carbonyl (C=O) groups excluding carboxylic acids is 1. The Hall–Kier alpha value is -3.81. The van der Waals surface area contributed by atoms with Crippen LogP contribution in [-0.2, 0) is 9.59 Å². The van der Waals surface area contributed by atoms with Crippen LogP contribution in [0.15, 0.2) is 60.0 Å². The maximum Gasteiger partial charge on any atom is 0.407 e. The third-order valence-corrected chi connectivity index (χ3v) is 9.36. The van der Waals surface area contributed by atoms with Gasteiger partial charge in [0.2, 0.25) is 5.91 Å². The third-order valence-electron chi connectivity index (χ3n) is 8.44. The van der Waals surface area contributed by atoms with Crippen molar-refractivity contribution in [1.82, 2.24) is 15.5 Å². The van der Waals surface area contributed by atoms with Gasteiger partial charge in [-0.2, -0.15) is 13.2 Å². The van der Waals surface area contributed by atoms with E-state index in [2.05, 4.69) is 16.0 Å². The highest BCUT2D eigenvalue weighted by Gasteiger charge is 2.43. The first kappa shape index (κ1) is 38.0. The summed E-state index contributed by atoms with van der Waals surface area (Å²) in [5, 5.41) is 19.8. The SMILES string of the molecule is COc1cc(OCCCCN2CCCC2C(=O)O)ccc1NCCNC(=O)C(CC(C)C)NC(c1ccc(-c2cccs2)cc1)C(F)(F)F. The number of benzene rings is 2. The number of amides is 1. The molecule has 268 valence electrons. The molecular weight excluding hydrogens is 657 g/mol. The van der Waals surface area contributed by atoms with Crippen molar-refractivity contribution in [2.24, 2.45) is 5.92 Å². The number of likely N-dealkylation sites (tertiary alicyclic amines) is 1. The first-order chi connectivity index (χ1) is 23.5. The van der Waals surface area contributed by atoms with Gasteiger partial charge in [0.05, 0.1) is 25.4 Å². The topological polar surface area (TPSA) is 112 Å². The number of halogens is 3. The molecule has 4 rings (SSSR count). The lowest BCUT2D eigenvalue weighted by Crippen LogP contribution is -2.50. The van der Waals surface area contributed by atoms with E-state index < -0.39 is 30.1 Å². The molecule has 1 aliphatic heterocycles. The van der Waals surface area contributed by atoms with Gasteiger partial charge in [-0.3, -0.25) is 19.8 Å². The van der Waals surface area contributed by atoms with Gasteiger partial charge in [0, 0.05) is 24.0 Å². The van der Waals surface area contributed by atoms with E-state index in [0.29, 0.717) is 36.8 Å². The van der Waals surface area contributed by atoms with E-state index >= 15 is 0 Å². The predicted molar refractivity (Wildman–Crippen MR) is 186 cm³/mol. The normalized spacial score (nSPS) is 16.3. The van der Waals surface area contributed by atoms with Crippen molar-refractivity contribution in [3.05, 3.63) is 65.5 Å². The number of alkyl halides is 3. The molecule has 0 bridgehead atoms. The molecule has 2 heterocycles. The molecule has 13 heteroatoms. The summed E-state index contributed by atoms with van der Waals surface area (Å²) in [5.74, 6) is -0.105. The lowest BCUT2D eigenvalue weighted by molar-refractivity contribution is -0.161. The van der Waals surface area contributed by atoms with Crippen LogP contribution in [0.5, 0.6) is 11.5 Å². The van der Waals surface area contributed by atoms with Crippen LogP contribution in [0.2, 0.25) is 0 Å². The fraction of sp³-hybridized carbons (Fsp3) is 0.500. The highest BCUT2D eigenvalue weighted by molar-refractivity contribution is 7.13. The molecule has 0 aliphatic carbocycles. The fourth-order valence-electron chi connectivity index (χ4n) is 5.98. The molecular formula is C36H47F3N4O5S. The van der Waals surface area contributed by atoms with Gasteiger partial charge in [0.15, 0.2) is 0 Å². The number of carbonyl (C=O) groups is 2. The second kappa shape index (κ2) is 18.3. The standard InChI is InChI=1S/C36H47F3N4O5S/c1-24(2)22-29(42-33(36(37,38)39)26-12-10-25(11-13-26)32-9-7-21-49-32)34(44)41-17-16-40-28-15-14-27(23-31(28)47-3)48-20-5-4-18-43-19-6-8-30(43)35(45)46/h7,9-15,21,23-24,29-30,33,40,42H,4-6,8,16-20,22H2,1-3H3,(H,41,44)(H,45,46). The monoisotopic (exact) mass is 704 g/mol. The molecule has 1 aliphatic rings. The van der Waals surface area contributed by atoms with Gasteiger partial charge in [-0.05, 0) is 85.8 Å². The molecule has 3 aromatic rings. The summed E-state index contributed by atoms with van der Waals surface area (Å²) in [6.45, 7) is 6.26. The largest absolute Gasteiger partial charge is 0.494 e. The third kappa shape index (κ3) is 11.4. The molecule has 2 aromatic carbocycles. The first-order valence-electron chi connectivity index (χ1n) is 16.7. The number of hydrogen-bond acceptors (Lipinski definition) is 8. The molecule has 1 amide bonds. The molecule has 1 fully saturated rings. The fourth-order valence-corrected chi connectivity index (χ4v) is 6.71. The van der Waals surface area contributed by atoms with Crippen LogP contribution in [0.25, 0.3) is 10.4 Å². The molecule has 0 saturated carbocycles. The molecule has 4 N–H and O–H groups in total. The Morgan fingerprint density at radius 2 is 1.86 bits per heavy atom. The Morgan fingerprint density at radius 3 is 2.51 bits per heavy atom. The number of aliphatic carboxylic acids is 1. The number of hydrogen-bond donors (Lipinski definition) is 4. The summed E-state index contributed by atoms with van der Waals surface area (Å²) in [6, 6.07) is 12.0. The summed E-state index contributed by atoms with van der Waals surface area (Å²) < 4.78 is 54.3. The van der Waals surface area contributed by atoms with E-state index in [1.807, 2.05) is 36.3 Å². The minimum Gasteiger partial charge on any atom is -0.494 e. The number of nitrogens with one attached hydrogen (secondary N) is 3. The van der Waals surface area contributed by atoms with Crippen molar-refractivity contribution < 1.29 is 37.3 Å². The van der Waals surface area contributed by atoms with Crippen LogP contribution in [0.4, 0.5) is 18.9 Å². The number of anilines is 1. The van der Waals surface area contributed by atoms with Gasteiger partial charge in [0.25, 0.3) is 0 Å². The van der Waals surface area contributed by atoms with Crippen molar-refractivity contribution >= 4 is 28.9 Å². The number of carboxylic acid groups (broad SMARTS) is 1. The van der Waals surface area contributed by atoms with E-state index in [1.54, 1.807) is 30.3 Å². The van der Waals surface area contributed by atoms with Gasteiger partial charge >= 0.3 is 12.1 Å². The second-order valence-electron chi connectivity index (χ2n) is 12.6. The Morgan fingerprint density at radius 1 is 1.08 bits per heavy atom. The van der Waals surface area contributed by atoms with E-state index in [-0.39, 0.29) is 30.5 Å². The average Bonchev–Trinajstić information content (AvgIpc) is 3.78. The highest BCUT2D eigenvalue weighted by Crippen LogP contribution is 2.35. The zero-order valence-electron chi connectivity index (χ0n) is 28.2. The predicted octanol–water partition coefficient (Wildman–Crippen LogP) is 6.97. The van der Waals surface area contributed by atoms with Gasteiger partial charge in [0.1, 0.15) is 23.6 Å². The van der Waals surface area contributed by atoms with E-state index in [9.17, 15) is 27.9 Å². The highest BCUT2D eigenvalue weighted by atomic mass is 32.1. The molecule has 3 unspecified atom stereocenters. The number of thiophene rings is 1. The Balaban J connectivity index is 1.26. The van der Waals surface area contributed by atoms with Gasteiger partial charge in [-0.25, -0.2) is 0 Å².